The standard InChI is InChI=1S/C60H38/c1-3-17-39-37(15-1)35-57-41(39)27-13-29-47(57)49-31-33-55(45-21-7-5-19-43(45)49)59-51-23-9-11-25-53(51)60(54-26-12-10-24-52(54)59)56-34-32-50(44-20-6-8-22-46(44)56)48-30-14-28-42-40-18-4-2-16-38(40)36-58(42)48/h1-34H,35-36H2. The molecule has 0 amide bonds. The zero-order valence-electron chi connectivity index (χ0n) is 33.0. The Hall–Kier alpha value is -7.54. The van der Waals surface area contributed by atoms with Crippen LogP contribution in [0.1, 0.15) is 22.3 Å². The van der Waals surface area contributed by atoms with Gasteiger partial charge >= 0.3 is 0 Å². The molecule has 0 heteroatoms. The lowest BCUT2D eigenvalue weighted by Crippen LogP contribution is -1.95. The van der Waals surface area contributed by atoms with Crippen molar-refractivity contribution in [1.29, 1.82) is 0 Å². The monoisotopic (exact) mass is 758 g/mol. The Kier molecular flexibility index (Phi) is 7.23. The largest absolute Gasteiger partial charge is 0.0619 e. The highest BCUT2D eigenvalue weighted by molar-refractivity contribution is 6.26. The summed E-state index contributed by atoms with van der Waals surface area (Å²) in [6.07, 6.45) is 1.93. The van der Waals surface area contributed by atoms with Gasteiger partial charge in [0.1, 0.15) is 0 Å². The molecule has 0 radical (unpaired) electrons. The van der Waals surface area contributed by atoms with Gasteiger partial charge in [0.25, 0.3) is 0 Å². The molecule has 0 bridgehead atoms. The fraction of sp³-hybridized carbons (Fsp3) is 0.0333. The summed E-state index contributed by atoms with van der Waals surface area (Å²) in [6, 6.07) is 77.4. The van der Waals surface area contributed by atoms with Crippen molar-refractivity contribution in [3.05, 3.63) is 229 Å². The van der Waals surface area contributed by atoms with Gasteiger partial charge in [0, 0.05) is 0 Å². The Labute approximate surface area is 349 Å². The SMILES string of the molecule is c1ccc2c(c1)Cc1c-2cccc1-c1ccc(-c2c3ccccc3c(-c3ccc(-c4cccc5c4Cc4ccccc4-5)c4ccccc34)c3ccccc23)c2ccccc12. The lowest BCUT2D eigenvalue weighted by atomic mass is 9.82. The highest BCUT2D eigenvalue weighted by atomic mass is 14.3. The zero-order valence-corrected chi connectivity index (χ0v) is 33.0. The third-order valence-electron chi connectivity index (χ3n) is 13.6. The first-order chi connectivity index (χ1) is 29.8. The molecule has 0 spiro atoms. The van der Waals surface area contributed by atoms with Gasteiger partial charge in [-0.25, -0.2) is 0 Å². The summed E-state index contributed by atoms with van der Waals surface area (Å²) < 4.78 is 0. The smallest absolute Gasteiger partial charge is 0.000728 e. The second-order valence-electron chi connectivity index (χ2n) is 16.6. The molecule has 0 aromatic heterocycles. The molecule has 13 rings (SSSR count). The first-order valence-electron chi connectivity index (χ1n) is 21.2. The van der Waals surface area contributed by atoms with Crippen molar-refractivity contribution in [3.63, 3.8) is 0 Å². The topological polar surface area (TPSA) is 0 Å². The van der Waals surface area contributed by atoms with Gasteiger partial charge in [0.05, 0.1) is 0 Å². The van der Waals surface area contributed by atoms with Crippen LogP contribution in [0.2, 0.25) is 0 Å². The van der Waals surface area contributed by atoms with Crippen LogP contribution in [0.15, 0.2) is 206 Å². The maximum absolute atomic E-state index is 2.40. The molecule has 0 aliphatic heterocycles. The Morgan fingerprint density at radius 3 is 0.833 bits per heavy atom. The molecule has 0 nitrogen and oxygen atoms in total. The minimum absolute atomic E-state index is 0.964. The Bertz CT molecular complexity index is 3310. The second-order valence-corrected chi connectivity index (χ2v) is 16.6. The molecular formula is C60H38. The van der Waals surface area contributed by atoms with E-state index in [-0.39, 0.29) is 0 Å². The summed E-state index contributed by atoms with van der Waals surface area (Å²) in [5.41, 5.74) is 21.5. The van der Waals surface area contributed by atoms with Gasteiger partial charge < -0.3 is 0 Å². The molecule has 11 aromatic rings. The van der Waals surface area contributed by atoms with Crippen molar-refractivity contribution in [2.45, 2.75) is 12.8 Å². The van der Waals surface area contributed by atoms with Crippen LogP contribution in [0.25, 0.3) is 110 Å². The molecule has 278 valence electrons. The van der Waals surface area contributed by atoms with Crippen molar-refractivity contribution in [1.82, 2.24) is 0 Å². The molecule has 0 heterocycles. The average molecular weight is 759 g/mol. The normalized spacial score (nSPS) is 12.5. The van der Waals surface area contributed by atoms with E-state index in [0.29, 0.717) is 0 Å². The molecular weight excluding hydrogens is 721 g/mol. The van der Waals surface area contributed by atoms with Crippen LogP contribution >= 0.6 is 0 Å². The average Bonchev–Trinajstić information content (AvgIpc) is 3.89. The van der Waals surface area contributed by atoms with E-state index in [1.165, 1.54) is 132 Å². The van der Waals surface area contributed by atoms with Crippen molar-refractivity contribution in [3.8, 4) is 66.8 Å². The Balaban J connectivity index is 1.03. The lowest BCUT2D eigenvalue weighted by molar-refractivity contribution is 1.26. The number of hydrogen-bond acceptors (Lipinski definition) is 0. The summed E-state index contributed by atoms with van der Waals surface area (Å²) in [5, 5.41) is 10.2. The third-order valence-corrected chi connectivity index (χ3v) is 13.6. The molecule has 0 unspecified atom stereocenters. The zero-order chi connectivity index (χ0) is 39.3. The fourth-order valence-corrected chi connectivity index (χ4v) is 11.0. The minimum Gasteiger partial charge on any atom is -0.0619 e. The maximum atomic E-state index is 2.40. The van der Waals surface area contributed by atoms with Crippen molar-refractivity contribution >= 4 is 43.1 Å². The van der Waals surface area contributed by atoms with Crippen molar-refractivity contribution in [2.75, 3.05) is 0 Å². The molecule has 0 saturated heterocycles. The Morgan fingerprint density at radius 1 is 0.183 bits per heavy atom. The summed E-state index contributed by atoms with van der Waals surface area (Å²) in [7, 11) is 0. The van der Waals surface area contributed by atoms with Gasteiger partial charge in [-0.1, -0.05) is 206 Å². The molecule has 2 aliphatic rings. The van der Waals surface area contributed by atoms with Crippen LogP contribution in [0, 0.1) is 0 Å². The van der Waals surface area contributed by atoms with Crippen molar-refractivity contribution in [2.24, 2.45) is 0 Å². The van der Waals surface area contributed by atoms with E-state index in [1.54, 1.807) is 0 Å². The predicted molar refractivity (Wildman–Crippen MR) is 255 cm³/mol. The van der Waals surface area contributed by atoms with Crippen LogP contribution in [-0.2, 0) is 12.8 Å². The molecule has 2 aliphatic carbocycles. The first-order valence-corrected chi connectivity index (χ1v) is 21.2. The number of fused-ring (bicyclic) bond motifs is 10. The van der Waals surface area contributed by atoms with Crippen LogP contribution in [0.5, 0.6) is 0 Å². The first kappa shape index (κ1) is 33.4. The van der Waals surface area contributed by atoms with E-state index in [9.17, 15) is 0 Å². The van der Waals surface area contributed by atoms with Crippen LogP contribution in [-0.4, -0.2) is 0 Å². The van der Waals surface area contributed by atoms with Crippen LogP contribution in [0.4, 0.5) is 0 Å². The Morgan fingerprint density at radius 2 is 0.450 bits per heavy atom. The van der Waals surface area contributed by atoms with E-state index in [4.69, 9.17) is 0 Å². The minimum atomic E-state index is 0.964. The molecule has 60 heavy (non-hydrogen) atoms. The van der Waals surface area contributed by atoms with Gasteiger partial charge in [0.2, 0.25) is 0 Å². The van der Waals surface area contributed by atoms with Crippen LogP contribution < -0.4 is 0 Å². The number of hydrogen-bond donors (Lipinski definition) is 0. The van der Waals surface area contributed by atoms with E-state index in [0.717, 1.165) is 12.8 Å². The molecule has 0 N–H and O–H groups in total. The van der Waals surface area contributed by atoms with E-state index in [1.807, 2.05) is 0 Å². The van der Waals surface area contributed by atoms with Gasteiger partial charge in [-0.3, -0.25) is 0 Å². The van der Waals surface area contributed by atoms with Crippen molar-refractivity contribution < 1.29 is 0 Å². The molecule has 11 aromatic carbocycles. The third kappa shape index (κ3) is 4.79. The van der Waals surface area contributed by atoms with Gasteiger partial charge in [-0.2, -0.15) is 0 Å². The number of rotatable bonds is 4. The fourth-order valence-electron chi connectivity index (χ4n) is 11.0. The van der Waals surface area contributed by atoms with E-state index >= 15 is 0 Å². The van der Waals surface area contributed by atoms with E-state index in [2.05, 4.69) is 206 Å². The van der Waals surface area contributed by atoms with E-state index < -0.39 is 0 Å². The highest BCUT2D eigenvalue weighted by Gasteiger charge is 2.26. The molecule has 0 fully saturated rings. The van der Waals surface area contributed by atoms with Gasteiger partial charge in [-0.05, 0) is 145 Å². The predicted octanol–water partition coefficient (Wildman–Crippen LogP) is 16.1. The maximum Gasteiger partial charge on any atom is -0.000728 e. The number of benzene rings is 11. The molecule has 0 saturated carbocycles. The lowest BCUT2D eigenvalue weighted by Gasteiger charge is -2.21. The van der Waals surface area contributed by atoms with Gasteiger partial charge in [0.15, 0.2) is 0 Å². The van der Waals surface area contributed by atoms with Crippen LogP contribution in [0.3, 0.4) is 0 Å². The summed E-state index contributed by atoms with van der Waals surface area (Å²) >= 11 is 0. The quantitative estimate of drug-likeness (QED) is 0.157. The highest BCUT2D eigenvalue weighted by Crippen LogP contribution is 2.50. The summed E-state index contributed by atoms with van der Waals surface area (Å²) in [6.45, 7) is 0. The summed E-state index contributed by atoms with van der Waals surface area (Å²) in [4.78, 5) is 0. The second kappa shape index (κ2) is 13.0. The summed E-state index contributed by atoms with van der Waals surface area (Å²) in [5.74, 6) is 0. The molecule has 0 atom stereocenters. The van der Waals surface area contributed by atoms with Gasteiger partial charge in [-0.15, -0.1) is 0 Å².